The van der Waals surface area contributed by atoms with Gasteiger partial charge in [-0.2, -0.15) is 0 Å². The molecule has 2 aromatic carbocycles. The molecule has 0 saturated carbocycles. The van der Waals surface area contributed by atoms with Crippen LogP contribution in [0.1, 0.15) is 35.7 Å². The van der Waals surface area contributed by atoms with E-state index in [1.807, 2.05) is 37.3 Å². The van der Waals surface area contributed by atoms with Crippen molar-refractivity contribution in [3.63, 3.8) is 0 Å². The number of aromatic nitrogens is 1. The zero-order chi connectivity index (χ0) is 17.1. The van der Waals surface area contributed by atoms with E-state index in [1.165, 1.54) is 35.0 Å². The van der Waals surface area contributed by atoms with Gasteiger partial charge in [-0.1, -0.05) is 18.2 Å². The SMILES string of the molecule is Cc1ccccc1S(=O)c1ccc2c(c1)c1c(n2C)CC2CCC1N2. The molecular formula is C21H22N2OS. The molecule has 0 spiro atoms. The van der Waals surface area contributed by atoms with Crippen LogP contribution in [0, 0.1) is 6.92 Å². The van der Waals surface area contributed by atoms with Gasteiger partial charge in [0, 0.05) is 51.9 Å². The highest BCUT2D eigenvalue weighted by atomic mass is 32.2. The highest BCUT2D eigenvalue weighted by Crippen LogP contribution is 2.42. The lowest BCUT2D eigenvalue weighted by atomic mass is 9.99. The predicted octanol–water partition coefficient (Wildman–Crippen LogP) is 4.00. The van der Waals surface area contributed by atoms with Crippen LogP contribution in [0.15, 0.2) is 52.3 Å². The summed E-state index contributed by atoms with van der Waals surface area (Å²) in [6.45, 7) is 2.03. The van der Waals surface area contributed by atoms with E-state index < -0.39 is 10.8 Å². The number of hydrogen-bond donors (Lipinski definition) is 1. The first-order chi connectivity index (χ1) is 12.1. The van der Waals surface area contributed by atoms with Crippen LogP contribution in [0.2, 0.25) is 0 Å². The van der Waals surface area contributed by atoms with Crippen molar-refractivity contribution < 1.29 is 4.21 Å². The molecule has 0 aliphatic carbocycles. The van der Waals surface area contributed by atoms with E-state index in [-0.39, 0.29) is 0 Å². The number of nitrogens with one attached hydrogen (secondary N) is 1. The lowest BCUT2D eigenvalue weighted by Gasteiger charge is -2.23. The first kappa shape index (κ1) is 15.4. The van der Waals surface area contributed by atoms with Gasteiger partial charge in [0.05, 0.1) is 10.8 Å². The van der Waals surface area contributed by atoms with Crippen LogP contribution in [0.3, 0.4) is 0 Å². The standard InChI is InChI=1S/C21H22N2OS/c1-13-5-3-4-6-20(13)25(24)15-8-10-18-16(12-15)21-17-9-7-14(22-17)11-19(21)23(18)2/h3-6,8,10,12,14,17,22H,7,9,11H2,1-2H3. The summed E-state index contributed by atoms with van der Waals surface area (Å²) >= 11 is 0. The first-order valence-electron chi connectivity index (χ1n) is 8.98. The molecule has 3 atom stereocenters. The monoisotopic (exact) mass is 350 g/mol. The molecule has 2 aliphatic rings. The van der Waals surface area contributed by atoms with E-state index in [4.69, 9.17) is 0 Å². The Morgan fingerprint density at radius 1 is 1.16 bits per heavy atom. The van der Waals surface area contributed by atoms with Crippen LogP contribution in [0.4, 0.5) is 0 Å². The summed E-state index contributed by atoms with van der Waals surface area (Å²) in [7, 11) is 1.03. The van der Waals surface area contributed by atoms with Crippen molar-refractivity contribution >= 4 is 21.7 Å². The molecule has 4 heteroatoms. The minimum absolute atomic E-state index is 0.458. The third-order valence-electron chi connectivity index (χ3n) is 5.87. The van der Waals surface area contributed by atoms with Crippen LogP contribution in [0.5, 0.6) is 0 Å². The Labute approximate surface area is 150 Å². The maximum Gasteiger partial charge on any atom is 0.0852 e. The maximum atomic E-state index is 13.1. The van der Waals surface area contributed by atoms with E-state index in [1.54, 1.807) is 0 Å². The Hall–Kier alpha value is -1.91. The van der Waals surface area contributed by atoms with Crippen LogP contribution < -0.4 is 5.32 Å². The van der Waals surface area contributed by atoms with Crippen molar-refractivity contribution in [3.05, 3.63) is 59.3 Å². The smallest absolute Gasteiger partial charge is 0.0852 e. The van der Waals surface area contributed by atoms with Gasteiger partial charge in [0.1, 0.15) is 0 Å². The Balaban J connectivity index is 1.68. The summed E-state index contributed by atoms with van der Waals surface area (Å²) in [5.41, 5.74) is 5.23. The van der Waals surface area contributed by atoms with Crippen LogP contribution in [-0.4, -0.2) is 14.8 Å². The van der Waals surface area contributed by atoms with Gasteiger partial charge >= 0.3 is 0 Å². The summed E-state index contributed by atoms with van der Waals surface area (Å²) < 4.78 is 15.5. The highest BCUT2D eigenvalue weighted by molar-refractivity contribution is 7.85. The van der Waals surface area contributed by atoms with Crippen molar-refractivity contribution in [2.24, 2.45) is 7.05 Å². The highest BCUT2D eigenvalue weighted by Gasteiger charge is 2.35. The molecule has 0 amide bonds. The minimum Gasteiger partial charge on any atom is -0.347 e. The lowest BCUT2D eigenvalue weighted by Crippen LogP contribution is -2.32. The second kappa shape index (κ2) is 5.55. The Morgan fingerprint density at radius 2 is 2.00 bits per heavy atom. The average Bonchev–Trinajstić information content (AvgIpc) is 3.14. The second-order valence-corrected chi connectivity index (χ2v) is 8.78. The van der Waals surface area contributed by atoms with E-state index in [0.29, 0.717) is 12.1 Å². The second-order valence-electron chi connectivity index (χ2n) is 7.33. The molecule has 128 valence electrons. The molecule has 3 heterocycles. The summed E-state index contributed by atoms with van der Waals surface area (Å²) in [5.74, 6) is 0. The lowest BCUT2D eigenvalue weighted by molar-refractivity contribution is 0.503. The molecule has 1 fully saturated rings. The van der Waals surface area contributed by atoms with E-state index in [0.717, 1.165) is 21.8 Å². The molecule has 25 heavy (non-hydrogen) atoms. The number of fused-ring (bicyclic) bond motifs is 6. The van der Waals surface area contributed by atoms with Crippen LogP contribution >= 0.6 is 0 Å². The van der Waals surface area contributed by atoms with Gasteiger partial charge in [0.25, 0.3) is 0 Å². The van der Waals surface area contributed by atoms with Crippen LogP contribution in [-0.2, 0) is 24.3 Å². The quantitative estimate of drug-likeness (QED) is 0.758. The number of rotatable bonds is 2. The van der Waals surface area contributed by atoms with Gasteiger partial charge in [0.2, 0.25) is 0 Å². The topological polar surface area (TPSA) is 34.0 Å². The fraction of sp³-hybridized carbons (Fsp3) is 0.333. The van der Waals surface area contributed by atoms with Crippen LogP contribution in [0.25, 0.3) is 10.9 Å². The van der Waals surface area contributed by atoms with Crippen molar-refractivity contribution in [1.29, 1.82) is 0 Å². The predicted molar refractivity (Wildman–Crippen MR) is 101 cm³/mol. The van der Waals surface area contributed by atoms with E-state index in [9.17, 15) is 4.21 Å². The molecular weight excluding hydrogens is 328 g/mol. The number of nitrogens with zero attached hydrogens (tertiary/aromatic N) is 1. The zero-order valence-electron chi connectivity index (χ0n) is 14.6. The van der Waals surface area contributed by atoms with Gasteiger partial charge in [-0.05, 0) is 55.2 Å². The van der Waals surface area contributed by atoms with Gasteiger partial charge in [0.15, 0.2) is 0 Å². The molecule has 2 aliphatic heterocycles. The summed E-state index contributed by atoms with van der Waals surface area (Å²) in [6, 6.07) is 15.4. The van der Waals surface area contributed by atoms with Crippen molar-refractivity contribution in [2.45, 2.75) is 48.1 Å². The van der Waals surface area contributed by atoms with E-state index in [2.05, 4.69) is 29.1 Å². The normalized spacial score (nSPS) is 23.0. The molecule has 5 rings (SSSR count). The zero-order valence-corrected chi connectivity index (χ0v) is 15.4. The molecule has 2 bridgehead atoms. The number of aryl methyl sites for hydroxylation is 2. The molecule has 3 unspecified atom stereocenters. The van der Waals surface area contributed by atoms with Gasteiger partial charge < -0.3 is 9.88 Å². The Bertz CT molecular complexity index is 1020. The van der Waals surface area contributed by atoms with Crippen molar-refractivity contribution in [3.8, 4) is 0 Å². The minimum atomic E-state index is -1.14. The van der Waals surface area contributed by atoms with Gasteiger partial charge in [-0.25, -0.2) is 4.21 Å². The molecule has 3 nitrogen and oxygen atoms in total. The summed E-state index contributed by atoms with van der Waals surface area (Å²) in [5, 5.41) is 5.03. The molecule has 1 saturated heterocycles. The Kier molecular flexibility index (Phi) is 3.41. The maximum absolute atomic E-state index is 13.1. The third kappa shape index (κ3) is 2.24. The number of hydrogen-bond acceptors (Lipinski definition) is 2. The van der Waals surface area contributed by atoms with Gasteiger partial charge in [-0.3, -0.25) is 0 Å². The Morgan fingerprint density at radius 3 is 2.84 bits per heavy atom. The molecule has 1 N–H and O–H groups in total. The van der Waals surface area contributed by atoms with E-state index >= 15 is 0 Å². The molecule has 1 aromatic heterocycles. The largest absolute Gasteiger partial charge is 0.347 e. The van der Waals surface area contributed by atoms with Gasteiger partial charge in [-0.15, -0.1) is 0 Å². The first-order valence-corrected chi connectivity index (χ1v) is 10.1. The summed E-state index contributed by atoms with van der Waals surface area (Å²) in [6.07, 6.45) is 3.57. The van der Waals surface area contributed by atoms with Crippen molar-refractivity contribution in [1.82, 2.24) is 9.88 Å². The summed E-state index contributed by atoms with van der Waals surface area (Å²) in [4.78, 5) is 1.81. The molecule has 0 radical (unpaired) electrons. The van der Waals surface area contributed by atoms with Crippen molar-refractivity contribution in [2.75, 3.05) is 0 Å². The fourth-order valence-corrected chi connectivity index (χ4v) is 5.82. The number of benzene rings is 2. The third-order valence-corrected chi connectivity index (χ3v) is 7.41. The molecule has 3 aromatic rings. The fourth-order valence-electron chi connectivity index (χ4n) is 4.59. The average molecular weight is 350 g/mol.